The maximum Gasteiger partial charge on any atom is 0.0247 e. The van der Waals surface area contributed by atoms with E-state index in [1.807, 2.05) is 0 Å². The first-order chi connectivity index (χ1) is 3.68. The van der Waals surface area contributed by atoms with Gasteiger partial charge in [-0.1, -0.05) is 26.7 Å². The minimum Gasteiger partial charge on any atom is -0.261 e. The van der Waals surface area contributed by atoms with E-state index in [-0.39, 0.29) is 5.54 Å². The number of rotatable bonds is 3. The van der Waals surface area contributed by atoms with Crippen LogP contribution in [0, 0.1) is 0 Å². The zero-order valence-corrected chi connectivity index (χ0v) is 6.76. The molecule has 50 valence electrons. The van der Waals surface area contributed by atoms with E-state index in [1.54, 1.807) is 0 Å². The van der Waals surface area contributed by atoms with Crippen molar-refractivity contribution in [2.45, 2.75) is 39.2 Å². The third-order valence-electron chi connectivity index (χ3n) is 1.83. The number of thiol groups is 1. The third kappa shape index (κ3) is 2.05. The highest BCUT2D eigenvalue weighted by Crippen LogP contribution is 2.13. The molecule has 0 fully saturated rings. The van der Waals surface area contributed by atoms with Gasteiger partial charge >= 0.3 is 0 Å². The van der Waals surface area contributed by atoms with E-state index in [1.165, 1.54) is 0 Å². The van der Waals surface area contributed by atoms with Crippen LogP contribution >= 0.6 is 12.8 Å². The van der Waals surface area contributed by atoms with Gasteiger partial charge in [-0.05, 0) is 19.8 Å². The Labute approximate surface area is 57.4 Å². The predicted octanol–water partition coefficient (Wildman–Crippen LogP) is 2.00. The highest BCUT2D eigenvalue weighted by atomic mass is 32.1. The standard InChI is InChI=1S/C6H15NS/c1-4-6(3,5-2)7-8/h7-8H,4-5H2,1-3H3. The Hall–Kier alpha value is 0.310. The predicted molar refractivity (Wildman–Crippen MR) is 41.1 cm³/mol. The summed E-state index contributed by atoms with van der Waals surface area (Å²) in [4.78, 5) is 0. The molecule has 0 aliphatic rings. The van der Waals surface area contributed by atoms with Crippen molar-refractivity contribution in [2.75, 3.05) is 0 Å². The molecule has 0 heterocycles. The van der Waals surface area contributed by atoms with Gasteiger partial charge in [0.15, 0.2) is 0 Å². The van der Waals surface area contributed by atoms with E-state index >= 15 is 0 Å². The van der Waals surface area contributed by atoms with E-state index in [0.29, 0.717) is 0 Å². The summed E-state index contributed by atoms with van der Waals surface area (Å²) in [5.41, 5.74) is 0.239. The van der Waals surface area contributed by atoms with Crippen molar-refractivity contribution < 1.29 is 0 Å². The lowest BCUT2D eigenvalue weighted by atomic mass is 9.98. The molecule has 0 saturated carbocycles. The van der Waals surface area contributed by atoms with Gasteiger partial charge < -0.3 is 0 Å². The van der Waals surface area contributed by atoms with Gasteiger partial charge in [-0.2, -0.15) is 0 Å². The number of nitrogens with one attached hydrogen (secondary N) is 1. The summed E-state index contributed by atoms with van der Waals surface area (Å²) in [6.45, 7) is 6.49. The molecule has 1 N–H and O–H groups in total. The summed E-state index contributed by atoms with van der Waals surface area (Å²) in [5, 5.41) is 0. The van der Waals surface area contributed by atoms with Crippen LogP contribution in [0.1, 0.15) is 33.6 Å². The van der Waals surface area contributed by atoms with Crippen LogP contribution in [0.2, 0.25) is 0 Å². The minimum atomic E-state index is 0.239. The van der Waals surface area contributed by atoms with Gasteiger partial charge in [-0.15, -0.1) is 0 Å². The first-order valence-electron chi connectivity index (χ1n) is 3.09. The summed E-state index contributed by atoms with van der Waals surface area (Å²) in [5.74, 6) is 0. The first kappa shape index (κ1) is 8.31. The molecule has 0 aromatic rings. The van der Waals surface area contributed by atoms with Crippen LogP contribution in [-0.2, 0) is 0 Å². The molecule has 0 amide bonds. The second kappa shape index (κ2) is 3.36. The normalized spacial score (nSPS) is 12.0. The molecule has 0 saturated heterocycles. The van der Waals surface area contributed by atoms with Gasteiger partial charge in [0.05, 0.1) is 0 Å². The quantitative estimate of drug-likeness (QED) is 0.561. The van der Waals surface area contributed by atoms with Crippen molar-refractivity contribution in [3.8, 4) is 0 Å². The fourth-order valence-corrected chi connectivity index (χ4v) is 0.724. The van der Waals surface area contributed by atoms with Crippen molar-refractivity contribution in [1.29, 1.82) is 0 Å². The molecule has 0 aromatic heterocycles. The van der Waals surface area contributed by atoms with Crippen LogP contribution in [0.3, 0.4) is 0 Å². The van der Waals surface area contributed by atoms with Crippen LogP contribution in [0.25, 0.3) is 0 Å². The Bertz CT molecular complexity index is 51.3. The highest BCUT2D eigenvalue weighted by Gasteiger charge is 2.15. The fraction of sp³-hybridized carbons (Fsp3) is 1.00. The molecular weight excluding hydrogens is 118 g/mol. The van der Waals surface area contributed by atoms with E-state index < -0.39 is 0 Å². The second-order valence-corrected chi connectivity index (χ2v) is 2.60. The molecule has 0 rings (SSSR count). The van der Waals surface area contributed by atoms with E-state index in [4.69, 9.17) is 0 Å². The minimum absolute atomic E-state index is 0.239. The first-order valence-corrected chi connectivity index (χ1v) is 3.54. The van der Waals surface area contributed by atoms with Crippen LogP contribution in [0.4, 0.5) is 0 Å². The third-order valence-corrected chi connectivity index (χ3v) is 2.37. The van der Waals surface area contributed by atoms with E-state index in [2.05, 4.69) is 38.3 Å². The SMILES string of the molecule is CCC(C)(CC)NS. The van der Waals surface area contributed by atoms with Crippen LogP contribution in [-0.4, -0.2) is 5.54 Å². The van der Waals surface area contributed by atoms with Gasteiger partial charge in [-0.25, -0.2) is 0 Å². The Morgan fingerprint density at radius 3 is 1.75 bits per heavy atom. The van der Waals surface area contributed by atoms with Gasteiger partial charge in [0.1, 0.15) is 0 Å². The van der Waals surface area contributed by atoms with Gasteiger partial charge in [0.25, 0.3) is 0 Å². The Morgan fingerprint density at radius 2 is 1.75 bits per heavy atom. The molecular formula is C6H15NS. The van der Waals surface area contributed by atoms with Crippen molar-refractivity contribution in [2.24, 2.45) is 0 Å². The smallest absolute Gasteiger partial charge is 0.0247 e. The van der Waals surface area contributed by atoms with Crippen molar-refractivity contribution in [3.63, 3.8) is 0 Å². The van der Waals surface area contributed by atoms with Crippen LogP contribution in [0.5, 0.6) is 0 Å². The summed E-state index contributed by atoms with van der Waals surface area (Å²) < 4.78 is 2.97. The summed E-state index contributed by atoms with van der Waals surface area (Å²) in [7, 11) is 0. The molecule has 2 heteroatoms. The monoisotopic (exact) mass is 133 g/mol. The molecule has 0 spiro atoms. The summed E-state index contributed by atoms with van der Waals surface area (Å²) in [6.07, 6.45) is 2.26. The maximum absolute atomic E-state index is 4.01. The number of hydrogen-bond donors (Lipinski definition) is 2. The van der Waals surface area contributed by atoms with Crippen LogP contribution in [0.15, 0.2) is 0 Å². The maximum atomic E-state index is 4.01. The molecule has 0 aliphatic carbocycles. The van der Waals surface area contributed by atoms with Crippen molar-refractivity contribution in [1.82, 2.24) is 4.72 Å². The van der Waals surface area contributed by atoms with Crippen LogP contribution < -0.4 is 4.72 Å². The Kier molecular flexibility index (Phi) is 3.49. The van der Waals surface area contributed by atoms with Gasteiger partial charge in [0.2, 0.25) is 0 Å². The molecule has 0 radical (unpaired) electrons. The Balaban J connectivity index is 3.58. The largest absolute Gasteiger partial charge is 0.261 e. The van der Waals surface area contributed by atoms with Crippen molar-refractivity contribution in [3.05, 3.63) is 0 Å². The molecule has 0 unspecified atom stereocenters. The topological polar surface area (TPSA) is 12.0 Å². The van der Waals surface area contributed by atoms with Gasteiger partial charge in [0, 0.05) is 5.54 Å². The molecule has 1 nitrogen and oxygen atoms in total. The molecule has 8 heavy (non-hydrogen) atoms. The molecule has 0 atom stereocenters. The second-order valence-electron chi connectivity index (χ2n) is 2.38. The molecule has 0 bridgehead atoms. The molecule has 0 aliphatic heterocycles. The lowest BCUT2D eigenvalue weighted by molar-refractivity contribution is 0.407. The zero-order chi connectivity index (χ0) is 6.62. The average Bonchev–Trinajstić information content (AvgIpc) is 1.87. The Morgan fingerprint density at radius 1 is 1.38 bits per heavy atom. The van der Waals surface area contributed by atoms with E-state index in [0.717, 1.165) is 12.8 Å². The highest BCUT2D eigenvalue weighted by molar-refractivity contribution is 7.78. The van der Waals surface area contributed by atoms with E-state index in [9.17, 15) is 0 Å². The average molecular weight is 133 g/mol. The van der Waals surface area contributed by atoms with Gasteiger partial charge in [-0.3, -0.25) is 4.72 Å². The lowest BCUT2D eigenvalue weighted by Gasteiger charge is -2.24. The summed E-state index contributed by atoms with van der Waals surface area (Å²) in [6, 6.07) is 0. The number of hydrogen-bond acceptors (Lipinski definition) is 2. The lowest BCUT2D eigenvalue weighted by Crippen LogP contribution is -2.34. The molecule has 0 aromatic carbocycles. The summed E-state index contributed by atoms with van der Waals surface area (Å²) >= 11 is 4.01. The fourth-order valence-electron chi connectivity index (χ4n) is 0.408. The van der Waals surface area contributed by atoms with Crippen molar-refractivity contribution >= 4 is 12.8 Å². The zero-order valence-electron chi connectivity index (χ0n) is 5.86.